The van der Waals surface area contributed by atoms with Crippen LogP contribution in [0.5, 0.6) is 0 Å². The van der Waals surface area contributed by atoms with Crippen LogP contribution in [0.25, 0.3) is 0 Å². The Kier molecular flexibility index (Phi) is 18.8. The molecule has 0 aromatic rings. The third-order valence-corrected chi connectivity index (χ3v) is 8.95. The maximum absolute atomic E-state index is 10.9. The summed E-state index contributed by atoms with van der Waals surface area (Å²) in [6.45, 7) is -2.86. The highest BCUT2D eigenvalue weighted by molar-refractivity contribution is 7.80. The first kappa shape index (κ1) is 45.0. The van der Waals surface area contributed by atoms with E-state index in [9.17, 15) is 89.6 Å². The number of hydrogen-bond acceptors (Lipinski definition) is 21. The first-order chi connectivity index (χ1) is 22.2. The van der Waals surface area contributed by atoms with E-state index in [-0.39, 0.29) is 25.2 Å². The average Bonchev–Trinajstić information content (AvgIpc) is 3.47. The average molecular weight is 730 g/mol. The topological polar surface area (TPSA) is 410 Å². The molecule has 0 bridgehead atoms. The van der Waals surface area contributed by atoms with Gasteiger partial charge in [-0.15, -0.1) is 0 Å². The molecule has 0 radical (unpaired) electrons. The van der Waals surface area contributed by atoms with Crippen molar-refractivity contribution in [2.45, 2.75) is 111 Å². The fourth-order valence-electron chi connectivity index (χ4n) is 5.60. The highest BCUT2D eigenvalue weighted by atomic mass is 32.3. The molecule has 48 heavy (non-hydrogen) atoms. The van der Waals surface area contributed by atoms with E-state index < -0.39 is 141 Å². The van der Waals surface area contributed by atoms with Gasteiger partial charge in [-0.2, -0.15) is 0 Å². The van der Waals surface area contributed by atoms with Gasteiger partial charge in [0.2, 0.25) is 10.4 Å². The van der Waals surface area contributed by atoms with E-state index >= 15 is 0 Å². The van der Waals surface area contributed by atoms with Gasteiger partial charge in [0.1, 0.15) is 123 Å². The maximum Gasteiger partial charge on any atom is 0.218 e. The van der Waals surface area contributed by atoms with Crippen LogP contribution in [-0.2, 0) is 14.6 Å². The molecule has 284 valence electrons. The minimum atomic E-state index is -5.44. The van der Waals surface area contributed by atoms with Crippen molar-refractivity contribution in [3.63, 3.8) is 0 Å². The second-order valence-electron chi connectivity index (χ2n) is 11.9. The SMILES string of the molecule is O=S(=O)([O-])OC([C@H](O)C(O)C(O)CO)[C@H](O)C[C+]1C[C@@H](O)[C@H](O)[C@H]1CO.OCC(O)C(O)[C@@H](O)C(O)[C@H](O)C[C+]1C[C@@H](O)[C@H](O)[C@H]1CO. The summed E-state index contributed by atoms with van der Waals surface area (Å²) in [6.07, 6.45) is -24.9. The Bertz CT molecular complexity index is 1010. The first-order valence-electron chi connectivity index (χ1n) is 14.8. The van der Waals surface area contributed by atoms with Gasteiger partial charge in [-0.1, -0.05) is 0 Å². The van der Waals surface area contributed by atoms with Crippen molar-refractivity contribution < 1.29 is 104 Å². The molecule has 0 spiro atoms. The molecule has 0 saturated heterocycles. The molecule has 6 unspecified atom stereocenters. The lowest BCUT2D eigenvalue weighted by molar-refractivity contribution is -0.140. The van der Waals surface area contributed by atoms with Crippen molar-refractivity contribution in [2.75, 3.05) is 26.4 Å². The summed E-state index contributed by atoms with van der Waals surface area (Å²) in [5.74, 6) is -1.03. The van der Waals surface area contributed by atoms with Crippen LogP contribution in [-0.4, -0.2) is 212 Å². The van der Waals surface area contributed by atoms with Crippen LogP contribution in [0, 0.1) is 23.7 Å². The van der Waals surface area contributed by atoms with Gasteiger partial charge >= 0.3 is 0 Å². The lowest BCUT2D eigenvalue weighted by Gasteiger charge is -2.31. The predicted molar refractivity (Wildman–Crippen MR) is 153 cm³/mol. The van der Waals surface area contributed by atoms with E-state index in [0.717, 1.165) is 0 Å². The quantitative estimate of drug-likeness (QED) is 0.0354. The fraction of sp³-hybridized carbons (Fsp3) is 0.923. The van der Waals surface area contributed by atoms with E-state index in [0.29, 0.717) is 5.92 Å². The van der Waals surface area contributed by atoms with Crippen LogP contribution in [0.3, 0.4) is 0 Å². The van der Waals surface area contributed by atoms with Crippen LogP contribution >= 0.6 is 0 Å². The van der Waals surface area contributed by atoms with Crippen LogP contribution in [0.4, 0.5) is 0 Å². The standard InChI is InChI=1S/C13H24O12S.C13H25O9/c14-3-6-5(1-7(16)10(6)19)2-8(17)13(25-26(22,23)24)12(21)11(20)9(18)4-15;14-3-6-5(1-7(16)10(6)19)2-8(17)11(20)13(22)12(21)9(18)4-15/h6-21H,1-4H2;6-22H,1-4H2/q;+1/t6-,7+,8+,9?,10+,11?,12+,13?;6-,7+,8+,9?,10+,11?,12?,13-/m00/s1. The summed E-state index contributed by atoms with van der Waals surface area (Å²) < 4.78 is 36.6. The summed E-state index contributed by atoms with van der Waals surface area (Å²) in [5, 5.41) is 162. The number of aliphatic hydroxyl groups is 17. The lowest BCUT2D eigenvalue weighted by Crippen LogP contribution is -2.52. The van der Waals surface area contributed by atoms with Crippen molar-refractivity contribution in [1.29, 1.82) is 0 Å². The molecule has 0 aromatic carbocycles. The lowest BCUT2D eigenvalue weighted by atomic mass is 9.87. The Labute approximate surface area is 275 Å². The molecule has 16 atom stereocenters. The van der Waals surface area contributed by atoms with Crippen LogP contribution in [0.15, 0.2) is 0 Å². The minimum Gasteiger partial charge on any atom is -0.726 e. The second kappa shape index (κ2) is 20.1. The Morgan fingerprint density at radius 3 is 1.29 bits per heavy atom. The van der Waals surface area contributed by atoms with Crippen LogP contribution < -0.4 is 0 Å². The molecular weight excluding hydrogens is 680 g/mol. The van der Waals surface area contributed by atoms with E-state index in [1.54, 1.807) is 0 Å². The molecule has 2 saturated carbocycles. The van der Waals surface area contributed by atoms with E-state index in [1.165, 1.54) is 0 Å². The molecule has 2 aliphatic carbocycles. The zero-order valence-electron chi connectivity index (χ0n) is 25.5. The summed E-state index contributed by atoms with van der Waals surface area (Å²) in [4.78, 5) is 0. The molecule has 21 nitrogen and oxygen atoms in total. The fourth-order valence-corrected chi connectivity index (χ4v) is 6.11. The molecule has 0 aliphatic heterocycles. The zero-order valence-corrected chi connectivity index (χ0v) is 26.4. The maximum atomic E-state index is 10.9. The Morgan fingerprint density at radius 2 is 0.938 bits per heavy atom. The zero-order chi connectivity index (χ0) is 37.3. The van der Waals surface area contributed by atoms with Crippen molar-refractivity contribution in [3.8, 4) is 0 Å². The Balaban J connectivity index is 0.000000487. The number of rotatable bonds is 18. The van der Waals surface area contributed by atoms with Gasteiger partial charge in [0.15, 0.2) is 11.8 Å². The van der Waals surface area contributed by atoms with Crippen LogP contribution in [0.1, 0.15) is 25.7 Å². The van der Waals surface area contributed by atoms with Gasteiger partial charge in [-0.05, 0) is 0 Å². The third-order valence-electron chi connectivity index (χ3n) is 8.49. The first-order valence-corrected chi connectivity index (χ1v) is 16.1. The Morgan fingerprint density at radius 1 is 0.583 bits per heavy atom. The molecule has 2 fully saturated rings. The molecule has 2 rings (SSSR count). The summed E-state index contributed by atoms with van der Waals surface area (Å²) in [7, 11) is -5.44. The molecule has 2 aliphatic rings. The van der Waals surface area contributed by atoms with Crippen LogP contribution in [0.2, 0.25) is 0 Å². The van der Waals surface area contributed by atoms with Gasteiger partial charge in [-0.25, -0.2) is 8.42 Å². The summed E-state index contributed by atoms with van der Waals surface area (Å²) >= 11 is 0. The van der Waals surface area contributed by atoms with E-state index in [1.807, 2.05) is 0 Å². The highest BCUT2D eigenvalue weighted by Gasteiger charge is 2.53. The van der Waals surface area contributed by atoms with Gasteiger partial charge in [0, 0.05) is 0 Å². The Hall–Kier alpha value is -1.07. The van der Waals surface area contributed by atoms with Crippen molar-refractivity contribution in [2.24, 2.45) is 11.8 Å². The summed E-state index contributed by atoms with van der Waals surface area (Å²) in [6, 6.07) is 0. The third kappa shape index (κ3) is 12.3. The molecular formula is C26H49O21S+. The number of hydrogen-bond donors (Lipinski definition) is 17. The highest BCUT2D eigenvalue weighted by Crippen LogP contribution is 2.39. The smallest absolute Gasteiger partial charge is 0.218 e. The largest absolute Gasteiger partial charge is 0.726 e. The molecule has 0 aromatic heterocycles. The molecule has 0 heterocycles. The number of aliphatic hydroxyl groups excluding tert-OH is 17. The summed E-state index contributed by atoms with van der Waals surface area (Å²) in [5.41, 5.74) is 0. The van der Waals surface area contributed by atoms with Gasteiger partial charge in [0.05, 0.1) is 26.4 Å². The predicted octanol–water partition coefficient (Wildman–Crippen LogP) is -9.55. The van der Waals surface area contributed by atoms with Gasteiger partial charge < -0.3 is 91.4 Å². The van der Waals surface area contributed by atoms with Gasteiger partial charge in [-0.3, -0.25) is 4.18 Å². The van der Waals surface area contributed by atoms with E-state index in [2.05, 4.69) is 4.18 Å². The van der Waals surface area contributed by atoms with Crippen molar-refractivity contribution in [3.05, 3.63) is 11.8 Å². The monoisotopic (exact) mass is 729 g/mol. The molecule has 17 N–H and O–H groups in total. The van der Waals surface area contributed by atoms with E-state index in [4.69, 9.17) is 10.2 Å². The molecule has 22 heteroatoms. The minimum absolute atomic E-state index is 0.0358. The van der Waals surface area contributed by atoms with Gasteiger partial charge in [0.25, 0.3) is 0 Å². The second-order valence-corrected chi connectivity index (χ2v) is 12.9. The normalized spacial score (nSPS) is 31.2. The molecule has 0 amide bonds. The van der Waals surface area contributed by atoms with Crippen molar-refractivity contribution in [1.82, 2.24) is 0 Å². The van der Waals surface area contributed by atoms with Crippen molar-refractivity contribution >= 4 is 10.4 Å².